The van der Waals surface area contributed by atoms with Gasteiger partial charge in [-0.3, -0.25) is 4.79 Å². The number of carbonyl (C=O) groups excluding carboxylic acids is 1. The standard InChI is InChI=1S/C17H20N2O2/c1-13-3-7-15(8-4-13)19(2)17(20)11-12-21-16-9-5-14(18)6-10-16/h3-10H,11-12,18H2,1-2H3. The van der Waals surface area contributed by atoms with E-state index in [1.54, 1.807) is 36.2 Å². The molecule has 2 aromatic carbocycles. The Kier molecular flexibility index (Phi) is 4.82. The quantitative estimate of drug-likeness (QED) is 0.859. The maximum Gasteiger partial charge on any atom is 0.230 e. The minimum absolute atomic E-state index is 0.0225. The molecule has 0 bridgehead atoms. The average Bonchev–Trinajstić information content (AvgIpc) is 2.49. The van der Waals surface area contributed by atoms with Gasteiger partial charge < -0.3 is 15.4 Å². The highest BCUT2D eigenvalue weighted by molar-refractivity contribution is 5.92. The lowest BCUT2D eigenvalue weighted by Gasteiger charge is -2.17. The molecule has 0 atom stereocenters. The van der Waals surface area contributed by atoms with Gasteiger partial charge in [0.25, 0.3) is 0 Å². The van der Waals surface area contributed by atoms with E-state index in [1.807, 2.05) is 31.2 Å². The van der Waals surface area contributed by atoms with Crippen molar-refractivity contribution in [3.05, 3.63) is 54.1 Å². The summed E-state index contributed by atoms with van der Waals surface area (Å²) in [4.78, 5) is 13.7. The van der Waals surface area contributed by atoms with Gasteiger partial charge in [0.1, 0.15) is 5.75 Å². The third-order valence-electron chi connectivity index (χ3n) is 3.26. The number of anilines is 2. The predicted molar refractivity (Wildman–Crippen MR) is 85.6 cm³/mol. The molecule has 0 radical (unpaired) electrons. The summed E-state index contributed by atoms with van der Waals surface area (Å²) < 4.78 is 5.53. The molecule has 2 aromatic rings. The molecular formula is C17H20N2O2. The molecule has 0 aliphatic heterocycles. The first kappa shape index (κ1) is 14.9. The van der Waals surface area contributed by atoms with Crippen LogP contribution in [0.1, 0.15) is 12.0 Å². The van der Waals surface area contributed by atoms with Gasteiger partial charge in [-0.15, -0.1) is 0 Å². The SMILES string of the molecule is Cc1ccc(N(C)C(=O)CCOc2ccc(N)cc2)cc1. The van der Waals surface area contributed by atoms with E-state index in [1.165, 1.54) is 5.56 Å². The molecule has 0 aromatic heterocycles. The Labute approximate surface area is 125 Å². The van der Waals surface area contributed by atoms with Crippen LogP contribution >= 0.6 is 0 Å². The number of nitrogens with two attached hydrogens (primary N) is 1. The number of nitrogens with zero attached hydrogens (tertiary/aromatic N) is 1. The molecule has 2 N–H and O–H groups in total. The largest absolute Gasteiger partial charge is 0.493 e. The Hall–Kier alpha value is -2.49. The maximum atomic E-state index is 12.1. The van der Waals surface area contributed by atoms with Crippen molar-refractivity contribution in [2.75, 3.05) is 24.3 Å². The van der Waals surface area contributed by atoms with Crippen molar-refractivity contribution < 1.29 is 9.53 Å². The van der Waals surface area contributed by atoms with Gasteiger partial charge in [0, 0.05) is 18.4 Å². The van der Waals surface area contributed by atoms with Crippen molar-refractivity contribution in [2.24, 2.45) is 0 Å². The molecule has 0 aliphatic rings. The number of nitrogen functional groups attached to an aromatic ring is 1. The number of rotatable bonds is 5. The zero-order valence-electron chi connectivity index (χ0n) is 12.4. The fourth-order valence-electron chi connectivity index (χ4n) is 1.90. The normalized spacial score (nSPS) is 10.2. The van der Waals surface area contributed by atoms with E-state index < -0.39 is 0 Å². The van der Waals surface area contributed by atoms with Crippen LogP contribution < -0.4 is 15.4 Å². The number of hydrogen-bond acceptors (Lipinski definition) is 3. The van der Waals surface area contributed by atoms with Crippen LogP contribution in [0.3, 0.4) is 0 Å². The minimum atomic E-state index is 0.0225. The van der Waals surface area contributed by atoms with Crippen LogP contribution in [0.5, 0.6) is 5.75 Å². The van der Waals surface area contributed by atoms with Crippen LogP contribution in [0.15, 0.2) is 48.5 Å². The number of amides is 1. The van der Waals surface area contributed by atoms with Crippen LogP contribution in [-0.4, -0.2) is 19.6 Å². The summed E-state index contributed by atoms with van der Waals surface area (Å²) in [6.45, 7) is 2.37. The highest BCUT2D eigenvalue weighted by atomic mass is 16.5. The molecule has 0 heterocycles. The van der Waals surface area contributed by atoms with Crippen LogP contribution in [0.4, 0.5) is 11.4 Å². The first-order valence-corrected chi connectivity index (χ1v) is 6.88. The zero-order valence-corrected chi connectivity index (χ0v) is 12.4. The number of ether oxygens (including phenoxy) is 1. The summed E-state index contributed by atoms with van der Waals surface area (Å²) in [5.41, 5.74) is 8.35. The van der Waals surface area contributed by atoms with E-state index in [0.717, 1.165) is 11.4 Å². The Balaban J connectivity index is 1.83. The summed E-state index contributed by atoms with van der Waals surface area (Å²) in [6.07, 6.45) is 0.328. The third-order valence-corrected chi connectivity index (χ3v) is 3.26. The third kappa shape index (κ3) is 4.24. The molecule has 0 aliphatic carbocycles. The summed E-state index contributed by atoms with van der Waals surface area (Å²) in [5, 5.41) is 0. The smallest absolute Gasteiger partial charge is 0.230 e. The topological polar surface area (TPSA) is 55.6 Å². The zero-order chi connectivity index (χ0) is 15.2. The van der Waals surface area contributed by atoms with Gasteiger partial charge in [-0.05, 0) is 43.3 Å². The molecule has 4 heteroatoms. The molecular weight excluding hydrogens is 264 g/mol. The summed E-state index contributed by atoms with van der Waals surface area (Å²) in [6, 6.07) is 15.0. The number of hydrogen-bond donors (Lipinski definition) is 1. The predicted octanol–water partition coefficient (Wildman–Crippen LogP) is 3.01. The molecule has 4 nitrogen and oxygen atoms in total. The van der Waals surface area contributed by atoms with Crippen LogP contribution in [0, 0.1) is 6.92 Å². The Morgan fingerprint density at radius 1 is 1.10 bits per heavy atom. The van der Waals surface area contributed by atoms with Crippen LogP contribution in [0.25, 0.3) is 0 Å². The number of carbonyl (C=O) groups is 1. The fraction of sp³-hybridized carbons (Fsp3) is 0.235. The monoisotopic (exact) mass is 284 g/mol. The molecule has 0 saturated heterocycles. The average molecular weight is 284 g/mol. The second kappa shape index (κ2) is 6.79. The van der Waals surface area contributed by atoms with Crippen LogP contribution in [0.2, 0.25) is 0 Å². The number of aryl methyl sites for hydroxylation is 1. The molecule has 21 heavy (non-hydrogen) atoms. The molecule has 0 unspecified atom stereocenters. The van der Waals surface area contributed by atoms with Gasteiger partial charge in [-0.25, -0.2) is 0 Å². The highest BCUT2D eigenvalue weighted by Gasteiger charge is 2.10. The Morgan fingerprint density at radius 2 is 1.71 bits per heavy atom. The maximum absolute atomic E-state index is 12.1. The summed E-state index contributed by atoms with van der Waals surface area (Å²) >= 11 is 0. The van der Waals surface area contributed by atoms with Gasteiger partial charge >= 0.3 is 0 Å². The van der Waals surface area contributed by atoms with E-state index in [-0.39, 0.29) is 5.91 Å². The van der Waals surface area contributed by atoms with E-state index in [4.69, 9.17) is 10.5 Å². The molecule has 0 fully saturated rings. The molecule has 1 amide bonds. The van der Waals surface area contributed by atoms with Crippen molar-refractivity contribution >= 4 is 17.3 Å². The van der Waals surface area contributed by atoms with Crippen molar-refractivity contribution in [3.63, 3.8) is 0 Å². The van der Waals surface area contributed by atoms with Gasteiger partial charge in [0.15, 0.2) is 0 Å². The summed E-state index contributed by atoms with van der Waals surface area (Å²) in [5.74, 6) is 0.740. The molecule has 0 saturated carbocycles. The van der Waals surface area contributed by atoms with Gasteiger partial charge in [-0.1, -0.05) is 17.7 Å². The van der Waals surface area contributed by atoms with Gasteiger partial charge in [0.05, 0.1) is 13.0 Å². The van der Waals surface area contributed by atoms with Crippen LogP contribution in [-0.2, 0) is 4.79 Å². The van der Waals surface area contributed by atoms with E-state index in [0.29, 0.717) is 18.7 Å². The van der Waals surface area contributed by atoms with Crippen molar-refractivity contribution in [1.82, 2.24) is 0 Å². The Bertz CT molecular complexity index is 591. The highest BCUT2D eigenvalue weighted by Crippen LogP contribution is 2.16. The second-order valence-corrected chi connectivity index (χ2v) is 4.96. The minimum Gasteiger partial charge on any atom is -0.493 e. The van der Waals surface area contributed by atoms with E-state index in [2.05, 4.69) is 0 Å². The van der Waals surface area contributed by atoms with Crippen molar-refractivity contribution in [1.29, 1.82) is 0 Å². The lowest BCUT2D eigenvalue weighted by molar-refractivity contribution is -0.118. The van der Waals surface area contributed by atoms with Gasteiger partial charge in [0.2, 0.25) is 5.91 Å². The summed E-state index contributed by atoms with van der Waals surface area (Å²) in [7, 11) is 1.77. The number of benzene rings is 2. The Morgan fingerprint density at radius 3 is 2.33 bits per heavy atom. The molecule has 110 valence electrons. The lowest BCUT2D eigenvalue weighted by Crippen LogP contribution is -2.27. The van der Waals surface area contributed by atoms with E-state index in [9.17, 15) is 4.79 Å². The van der Waals surface area contributed by atoms with Crippen molar-refractivity contribution in [3.8, 4) is 5.75 Å². The molecule has 2 rings (SSSR count). The second-order valence-electron chi connectivity index (χ2n) is 4.96. The van der Waals surface area contributed by atoms with Crippen molar-refractivity contribution in [2.45, 2.75) is 13.3 Å². The lowest BCUT2D eigenvalue weighted by atomic mass is 10.2. The first-order valence-electron chi connectivity index (χ1n) is 6.88. The van der Waals surface area contributed by atoms with Gasteiger partial charge in [-0.2, -0.15) is 0 Å². The molecule has 0 spiro atoms. The fourth-order valence-corrected chi connectivity index (χ4v) is 1.90. The van der Waals surface area contributed by atoms with E-state index >= 15 is 0 Å². The first-order chi connectivity index (χ1) is 10.1.